The van der Waals surface area contributed by atoms with Gasteiger partial charge in [0, 0.05) is 122 Å². The summed E-state index contributed by atoms with van der Waals surface area (Å²) in [6.45, 7) is 48.6. The van der Waals surface area contributed by atoms with Crippen LogP contribution < -0.4 is 9.97 Å². The number of aromatic nitrogens is 4. The van der Waals surface area contributed by atoms with E-state index in [4.69, 9.17) is 26.3 Å². The Kier molecular flexibility index (Phi) is 33.5. The van der Waals surface area contributed by atoms with E-state index < -0.39 is 0 Å². The molecule has 0 aliphatic rings. The molecule has 2 rings (SSSR count). The molecule has 2 aromatic heterocycles. The smallest absolute Gasteiger partial charge is 0.224 e. The fourth-order valence-electron chi connectivity index (χ4n) is 0.385. The van der Waals surface area contributed by atoms with Gasteiger partial charge in [-0.2, -0.15) is 0 Å². The summed E-state index contributed by atoms with van der Waals surface area (Å²) in [7, 11) is 0. The molecule has 36 heavy (non-hydrogen) atoms. The maximum Gasteiger partial charge on any atom is 0.224 e. The van der Waals surface area contributed by atoms with Crippen LogP contribution in [-0.2, 0) is 39.0 Å². The first-order valence-corrected chi connectivity index (χ1v) is 10.5. The van der Waals surface area contributed by atoms with Crippen LogP contribution in [0, 0.1) is 26.3 Å². The molecule has 0 fully saturated rings. The van der Waals surface area contributed by atoms with Crippen molar-refractivity contribution in [1.82, 2.24) is 19.9 Å². The van der Waals surface area contributed by atoms with Crippen molar-refractivity contribution < 1.29 is 39.0 Å². The van der Waals surface area contributed by atoms with E-state index in [1.165, 1.54) is 12.7 Å². The minimum atomic E-state index is -0.167. The predicted octanol–water partition coefficient (Wildman–Crippen LogP) is 6.89. The molecule has 0 saturated carbocycles. The maximum atomic E-state index is 6.48. The van der Waals surface area contributed by atoms with Crippen molar-refractivity contribution in [1.29, 1.82) is 0 Å². The van der Waals surface area contributed by atoms with Gasteiger partial charge in [-0.25, -0.2) is 26.3 Å². The second-order valence-corrected chi connectivity index (χ2v) is 10.6. The van der Waals surface area contributed by atoms with Gasteiger partial charge in [0.15, 0.2) is 0 Å². The molecule has 0 aromatic carbocycles. The number of imidazole rings is 2. The molecule has 0 bridgehead atoms. The van der Waals surface area contributed by atoms with E-state index in [0.29, 0.717) is 0 Å². The minimum Gasteiger partial charge on any atom is -0.450 e. The molecule has 0 atom stereocenters. The third kappa shape index (κ3) is 77.0. The second kappa shape index (κ2) is 25.7. The van der Waals surface area contributed by atoms with Crippen LogP contribution in [0.4, 0.5) is 0 Å². The van der Waals surface area contributed by atoms with Gasteiger partial charge in [0.1, 0.15) is 0 Å². The van der Waals surface area contributed by atoms with Gasteiger partial charge in [0.05, 0.1) is 0 Å². The summed E-state index contributed by atoms with van der Waals surface area (Å²) >= 11 is 0. The molecular formula is C26H42N8Rh2-2. The summed E-state index contributed by atoms with van der Waals surface area (Å²) in [5, 5.41) is 0. The Bertz CT molecular complexity index is 680. The van der Waals surface area contributed by atoms with Crippen LogP contribution in [0.15, 0.2) is 37.4 Å². The van der Waals surface area contributed by atoms with Gasteiger partial charge < -0.3 is 39.3 Å². The molecular weight excluding hydrogens is 630 g/mol. The molecule has 10 heteroatoms. The molecule has 206 valence electrons. The minimum absolute atomic E-state index is 0. The van der Waals surface area contributed by atoms with Crippen LogP contribution in [0.2, 0.25) is 0 Å². The van der Waals surface area contributed by atoms with Crippen molar-refractivity contribution >= 4 is 0 Å². The Balaban J connectivity index is -0.0000000742. The van der Waals surface area contributed by atoms with Crippen molar-refractivity contribution in [2.45, 2.75) is 105 Å². The Morgan fingerprint density at radius 3 is 0.667 bits per heavy atom. The number of hydrogen-bond acceptors (Lipinski definition) is 2. The van der Waals surface area contributed by atoms with Crippen molar-refractivity contribution in [3.8, 4) is 0 Å². The average Bonchev–Trinajstić information content (AvgIpc) is 3.46. The van der Waals surface area contributed by atoms with E-state index in [9.17, 15) is 0 Å². The Hall–Kier alpha value is -2.37. The number of rotatable bonds is 0. The topological polar surface area (TPSA) is 71.4 Å². The Morgan fingerprint density at radius 2 is 0.639 bits per heavy atom. The Morgan fingerprint density at radius 1 is 0.472 bits per heavy atom. The third-order valence-electron chi connectivity index (χ3n) is 2.09. The fraction of sp³-hybridized carbons (Fsp3) is 0.615. The van der Waals surface area contributed by atoms with E-state index in [-0.39, 0.29) is 61.1 Å². The summed E-state index contributed by atoms with van der Waals surface area (Å²) < 4.78 is 0. The van der Waals surface area contributed by atoms with E-state index in [1.54, 1.807) is 24.8 Å². The van der Waals surface area contributed by atoms with E-state index in [0.717, 1.165) is 0 Å². The molecule has 2 aromatic rings. The molecule has 0 saturated heterocycles. The predicted molar refractivity (Wildman–Crippen MR) is 141 cm³/mol. The zero-order valence-corrected chi connectivity index (χ0v) is 27.0. The first-order valence-electron chi connectivity index (χ1n) is 10.5. The quantitative estimate of drug-likeness (QED) is 0.226. The van der Waals surface area contributed by atoms with Crippen LogP contribution in [0.25, 0.3) is 19.4 Å². The largest absolute Gasteiger partial charge is 0.450 e. The third-order valence-corrected chi connectivity index (χ3v) is 2.09. The normalized spacial score (nSPS) is 9.11. The zero-order valence-electron chi connectivity index (χ0n) is 23.7. The maximum absolute atomic E-state index is 6.48. The van der Waals surface area contributed by atoms with Crippen LogP contribution in [-0.4, -0.2) is 32.1 Å². The number of nitrogens with zero attached hydrogens (tertiary/aromatic N) is 8. The average molecular weight is 672 g/mol. The van der Waals surface area contributed by atoms with Crippen LogP contribution in [0.3, 0.4) is 0 Å². The molecule has 2 radical (unpaired) electrons. The summed E-state index contributed by atoms with van der Waals surface area (Å²) in [6.07, 6.45) is 9.56. The van der Waals surface area contributed by atoms with Crippen molar-refractivity contribution in [2.24, 2.45) is 0 Å². The SMILES string of the molecule is [C-]#[N+]C(C)(C)C.[C-]#[N+]C(C)(C)C.[C-]#[N+]C(C)(C)C.[C-]#[N+]C(C)(C)C.[Rh].[Rh].c1c[n-]cn1.c1c[n-]cn1. The molecule has 0 aliphatic heterocycles. The van der Waals surface area contributed by atoms with Crippen LogP contribution in [0.1, 0.15) is 83.1 Å². The molecule has 8 nitrogen and oxygen atoms in total. The van der Waals surface area contributed by atoms with E-state index in [1.807, 2.05) is 83.1 Å². The first-order chi connectivity index (χ1) is 15.2. The van der Waals surface area contributed by atoms with E-state index >= 15 is 0 Å². The summed E-state index contributed by atoms with van der Waals surface area (Å²) in [6, 6.07) is 0. The standard InChI is InChI=1S/4C5H9N.2C3H3N2.2Rh/c4*1-5(2,3)6-4;2*1-2-5-3-4-1;;/h4*1-3H3;2*1-3H;;/q;;;;2*-1;;. The van der Waals surface area contributed by atoms with Gasteiger partial charge >= 0.3 is 0 Å². The van der Waals surface area contributed by atoms with Crippen molar-refractivity contribution in [2.75, 3.05) is 0 Å². The zero-order chi connectivity index (χ0) is 27.9. The summed E-state index contributed by atoms with van der Waals surface area (Å²) in [5.41, 5.74) is -0.667. The second-order valence-electron chi connectivity index (χ2n) is 10.6. The molecule has 0 amide bonds. The molecule has 2 heterocycles. The van der Waals surface area contributed by atoms with Gasteiger partial charge in [-0.15, -0.1) is 0 Å². The van der Waals surface area contributed by atoms with Gasteiger partial charge in [0.25, 0.3) is 0 Å². The first kappa shape index (κ1) is 46.9. The summed E-state index contributed by atoms with van der Waals surface area (Å²) in [5.74, 6) is 0. The van der Waals surface area contributed by atoms with Crippen molar-refractivity contribution in [3.05, 3.63) is 83.1 Å². The van der Waals surface area contributed by atoms with E-state index in [2.05, 4.69) is 39.3 Å². The van der Waals surface area contributed by atoms with Crippen LogP contribution in [0.5, 0.6) is 0 Å². The molecule has 0 N–H and O–H groups in total. The molecule has 0 spiro atoms. The molecule has 0 aliphatic carbocycles. The molecule has 0 unspecified atom stereocenters. The Labute approximate surface area is 246 Å². The number of hydrogen-bond donors (Lipinski definition) is 0. The van der Waals surface area contributed by atoms with Gasteiger partial charge in [-0.1, -0.05) is 37.4 Å². The van der Waals surface area contributed by atoms with Crippen LogP contribution >= 0.6 is 0 Å². The summed E-state index contributed by atoms with van der Waals surface area (Å²) in [4.78, 5) is 27.5. The van der Waals surface area contributed by atoms with Crippen molar-refractivity contribution in [3.63, 3.8) is 0 Å². The monoisotopic (exact) mass is 672 g/mol. The fourth-order valence-corrected chi connectivity index (χ4v) is 0.385. The van der Waals surface area contributed by atoms with Gasteiger partial charge in [0.2, 0.25) is 22.2 Å². The van der Waals surface area contributed by atoms with Gasteiger partial charge in [-0.05, 0) is 0 Å². The van der Waals surface area contributed by atoms with Gasteiger partial charge in [-0.3, -0.25) is 0 Å².